The number of hydrogen-bond donors (Lipinski definition) is 6. The van der Waals surface area contributed by atoms with E-state index in [1.165, 1.54) is 0 Å². The number of carbonyl (C=O) groups is 2. The van der Waals surface area contributed by atoms with Gasteiger partial charge in [0.05, 0.1) is 18.8 Å². The second kappa shape index (κ2) is 13.0. The highest BCUT2D eigenvalue weighted by atomic mass is 16.7. The van der Waals surface area contributed by atoms with Crippen LogP contribution >= 0.6 is 0 Å². The maximum Gasteiger partial charge on any atom is 0.317 e. The largest absolute Gasteiger partial charge is 0.481 e. The highest BCUT2D eigenvalue weighted by Gasteiger charge is 2.58. The molecular weight excluding hydrogens is 524 g/mol. The fourth-order valence-electron chi connectivity index (χ4n) is 7.00. The van der Waals surface area contributed by atoms with E-state index in [4.69, 9.17) is 19.3 Å². The summed E-state index contributed by atoms with van der Waals surface area (Å²) in [6.07, 6.45) is -3.68. The molecule has 3 fully saturated rings. The van der Waals surface area contributed by atoms with Crippen molar-refractivity contribution in [2.24, 2.45) is 22.7 Å². The molecule has 3 rings (SSSR count). The third-order valence-electron chi connectivity index (χ3n) is 9.56. The first kappa shape index (κ1) is 32.7. The van der Waals surface area contributed by atoms with E-state index in [-0.39, 0.29) is 23.9 Å². The first-order valence-electron chi connectivity index (χ1n) is 14.0. The monoisotopic (exact) mass is 570 g/mol. The van der Waals surface area contributed by atoms with Crippen molar-refractivity contribution in [3.63, 3.8) is 0 Å². The van der Waals surface area contributed by atoms with E-state index in [2.05, 4.69) is 13.5 Å². The molecule has 1 heterocycles. The number of allylic oxidation sites excluding steroid dienone is 1. The Kier molecular flexibility index (Phi) is 10.6. The van der Waals surface area contributed by atoms with E-state index in [0.29, 0.717) is 25.7 Å². The molecule has 0 bridgehead atoms. The smallest absolute Gasteiger partial charge is 0.317 e. The van der Waals surface area contributed by atoms with Crippen molar-refractivity contribution in [3.05, 3.63) is 23.8 Å². The van der Waals surface area contributed by atoms with Crippen molar-refractivity contribution in [3.8, 4) is 0 Å². The van der Waals surface area contributed by atoms with Crippen molar-refractivity contribution >= 4 is 11.9 Å². The number of aliphatic hydroxyl groups excluding tert-OH is 5. The Hall–Kier alpha value is -1.86. The molecule has 0 radical (unpaired) electrons. The Morgan fingerprint density at radius 3 is 2.42 bits per heavy atom. The lowest BCUT2D eigenvalue weighted by Crippen LogP contribution is -2.61. The summed E-state index contributed by atoms with van der Waals surface area (Å²) in [5.74, 6) is -2.06. The summed E-state index contributed by atoms with van der Waals surface area (Å²) in [5, 5.41) is 60.2. The number of aliphatic carboxylic acids is 1. The van der Waals surface area contributed by atoms with Gasteiger partial charge in [-0.15, -0.1) is 0 Å². The zero-order valence-electron chi connectivity index (χ0n) is 23.9. The number of ether oxygens (including phenoxy) is 3. The fraction of sp³-hybridized carbons (Fsp3) is 0.793. The molecule has 1 aliphatic heterocycles. The number of carbonyl (C=O) groups excluding carboxylic acids is 1. The average Bonchev–Trinajstić information content (AvgIpc) is 2.87. The second-order valence-corrected chi connectivity index (χ2v) is 12.5. The third-order valence-corrected chi connectivity index (χ3v) is 9.56. The van der Waals surface area contributed by atoms with Crippen molar-refractivity contribution in [1.82, 2.24) is 0 Å². The number of carboxylic acids is 1. The summed E-state index contributed by atoms with van der Waals surface area (Å²) in [7, 11) is 0. The lowest BCUT2D eigenvalue weighted by Gasteiger charge is -2.61. The zero-order valence-corrected chi connectivity index (χ0v) is 23.9. The minimum atomic E-state index is -1.56. The van der Waals surface area contributed by atoms with Crippen LogP contribution in [-0.2, 0) is 23.8 Å². The van der Waals surface area contributed by atoms with Crippen LogP contribution in [0.1, 0.15) is 66.2 Å². The van der Waals surface area contributed by atoms with Gasteiger partial charge in [-0.05, 0) is 73.3 Å². The summed E-state index contributed by atoms with van der Waals surface area (Å²) >= 11 is 0. The lowest BCUT2D eigenvalue weighted by atomic mass is 9.46. The number of aliphatic hydroxyl groups is 5. The van der Waals surface area contributed by atoms with Crippen molar-refractivity contribution < 1.29 is 54.4 Å². The summed E-state index contributed by atoms with van der Waals surface area (Å²) < 4.78 is 16.8. The van der Waals surface area contributed by atoms with Crippen LogP contribution in [0.3, 0.4) is 0 Å². The molecule has 2 aliphatic carbocycles. The Morgan fingerprint density at radius 1 is 1.12 bits per heavy atom. The molecule has 0 aromatic rings. The molecule has 2 saturated carbocycles. The van der Waals surface area contributed by atoms with Crippen LogP contribution in [0, 0.1) is 22.7 Å². The van der Waals surface area contributed by atoms with Gasteiger partial charge in [-0.2, -0.15) is 0 Å². The van der Waals surface area contributed by atoms with Crippen LogP contribution in [0.4, 0.5) is 0 Å². The first-order chi connectivity index (χ1) is 18.6. The van der Waals surface area contributed by atoms with Crippen LogP contribution in [0.2, 0.25) is 0 Å². The summed E-state index contributed by atoms with van der Waals surface area (Å²) in [6, 6.07) is 0. The van der Waals surface area contributed by atoms with Gasteiger partial charge in [0.2, 0.25) is 0 Å². The van der Waals surface area contributed by atoms with Crippen molar-refractivity contribution in [2.75, 3.05) is 13.2 Å². The van der Waals surface area contributed by atoms with Crippen LogP contribution in [0.25, 0.3) is 0 Å². The molecule has 0 unspecified atom stereocenters. The van der Waals surface area contributed by atoms with Gasteiger partial charge < -0.3 is 44.8 Å². The highest BCUT2D eigenvalue weighted by molar-refractivity contribution is 5.90. The summed E-state index contributed by atoms with van der Waals surface area (Å²) in [4.78, 5) is 22.2. The SMILES string of the molecule is C=C1[C@@H](O[C@H]2O[C@@H](CO)[C@H](O)[C@@H](O)[C@@H]2O)C[C@@H]2C(C)(C)[C@H](O)CC[C@@]2(C)[C@@H]1CC/C(C)=C\COC(=O)CC(=O)O. The Labute approximate surface area is 235 Å². The molecule has 0 aromatic heterocycles. The van der Waals surface area contributed by atoms with E-state index in [1.807, 2.05) is 20.8 Å². The minimum absolute atomic E-state index is 0.0223. The standard InChI is InChI=1S/C29H46O11/c1-15(9-11-38-23(34)13-22(32)33)6-7-17-16(2)18(12-20-28(3,4)21(31)8-10-29(17,20)5)39-27-26(37)25(36)24(35)19(14-30)40-27/h9,17-21,24-27,30-31,35-37H,2,6-8,10-14H2,1,3-5H3,(H,32,33)/b15-9-/t17-,18+,19+,20-,21-,24+,25-,26+,27+,29+/m1/s1. The van der Waals surface area contributed by atoms with Crippen LogP contribution in [0.15, 0.2) is 23.8 Å². The molecule has 228 valence electrons. The second-order valence-electron chi connectivity index (χ2n) is 12.5. The zero-order chi connectivity index (χ0) is 30.0. The van der Waals surface area contributed by atoms with Gasteiger partial charge in [-0.1, -0.05) is 32.9 Å². The molecule has 11 heteroatoms. The molecule has 0 spiro atoms. The van der Waals surface area contributed by atoms with Gasteiger partial charge in [0.25, 0.3) is 0 Å². The highest BCUT2D eigenvalue weighted by Crippen LogP contribution is 2.62. The summed E-state index contributed by atoms with van der Waals surface area (Å²) in [5.41, 5.74) is 1.13. The molecule has 10 atom stereocenters. The van der Waals surface area contributed by atoms with E-state index in [0.717, 1.165) is 17.6 Å². The molecule has 11 nitrogen and oxygen atoms in total. The van der Waals surface area contributed by atoms with Gasteiger partial charge >= 0.3 is 11.9 Å². The van der Waals surface area contributed by atoms with Crippen molar-refractivity contribution in [2.45, 2.75) is 109 Å². The minimum Gasteiger partial charge on any atom is -0.481 e. The Morgan fingerprint density at radius 2 is 1.80 bits per heavy atom. The quantitative estimate of drug-likeness (QED) is 0.0963. The van der Waals surface area contributed by atoms with Gasteiger partial charge in [0, 0.05) is 0 Å². The normalized spacial score (nSPS) is 39.9. The number of hydrogen-bond acceptors (Lipinski definition) is 10. The molecule has 40 heavy (non-hydrogen) atoms. The van der Waals surface area contributed by atoms with Gasteiger partial charge in [0.15, 0.2) is 6.29 Å². The number of rotatable bonds is 10. The Bertz CT molecular complexity index is 960. The maximum absolute atomic E-state index is 11.5. The summed E-state index contributed by atoms with van der Waals surface area (Å²) in [6.45, 7) is 12.0. The Balaban J connectivity index is 1.79. The molecule has 3 aliphatic rings. The van der Waals surface area contributed by atoms with E-state index in [9.17, 15) is 35.1 Å². The van der Waals surface area contributed by atoms with E-state index >= 15 is 0 Å². The fourth-order valence-corrected chi connectivity index (χ4v) is 7.00. The molecule has 6 N–H and O–H groups in total. The average molecular weight is 571 g/mol. The van der Waals surface area contributed by atoms with Crippen LogP contribution in [0.5, 0.6) is 0 Å². The predicted molar refractivity (Wildman–Crippen MR) is 143 cm³/mol. The van der Waals surface area contributed by atoms with E-state index < -0.39 is 73.3 Å². The molecule has 1 saturated heterocycles. The predicted octanol–water partition coefficient (Wildman–Crippen LogP) is 1.30. The first-order valence-corrected chi connectivity index (χ1v) is 14.0. The number of carboxylic acid groups (broad SMARTS) is 1. The van der Waals surface area contributed by atoms with Gasteiger partial charge in [0.1, 0.15) is 37.4 Å². The molecular formula is C29H46O11. The number of esters is 1. The third kappa shape index (κ3) is 6.78. The number of fused-ring (bicyclic) bond motifs is 1. The topological polar surface area (TPSA) is 183 Å². The molecule has 0 amide bonds. The van der Waals surface area contributed by atoms with Crippen LogP contribution in [-0.4, -0.2) is 98.7 Å². The van der Waals surface area contributed by atoms with Gasteiger partial charge in [-0.25, -0.2) is 0 Å². The molecule has 0 aromatic carbocycles. The van der Waals surface area contributed by atoms with Crippen LogP contribution < -0.4 is 0 Å². The van der Waals surface area contributed by atoms with Gasteiger partial charge in [-0.3, -0.25) is 9.59 Å². The van der Waals surface area contributed by atoms with Crippen molar-refractivity contribution in [1.29, 1.82) is 0 Å². The van der Waals surface area contributed by atoms with E-state index in [1.54, 1.807) is 6.08 Å². The maximum atomic E-state index is 11.5. The lowest BCUT2D eigenvalue weighted by molar-refractivity contribution is -0.313.